The highest BCUT2D eigenvalue weighted by molar-refractivity contribution is 7.89. The second-order valence-corrected chi connectivity index (χ2v) is 7.68. The van der Waals surface area contributed by atoms with Crippen molar-refractivity contribution in [1.82, 2.24) is 9.62 Å². The Hall–Kier alpha value is -2.69. The van der Waals surface area contributed by atoms with Gasteiger partial charge in [0.25, 0.3) is 5.91 Å². The highest BCUT2D eigenvalue weighted by Crippen LogP contribution is 2.14. The van der Waals surface area contributed by atoms with Crippen LogP contribution in [0.1, 0.15) is 27.9 Å². The molecular weight excluding hydrogens is 350 g/mol. The van der Waals surface area contributed by atoms with Crippen LogP contribution >= 0.6 is 0 Å². The van der Waals surface area contributed by atoms with Gasteiger partial charge in [0.1, 0.15) is 0 Å². The number of benzene rings is 2. The maximum atomic E-state index is 12.6. The van der Waals surface area contributed by atoms with Gasteiger partial charge in [-0.2, -0.15) is 5.26 Å². The summed E-state index contributed by atoms with van der Waals surface area (Å²) < 4.78 is 26.5. The van der Waals surface area contributed by atoms with E-state index in [9.17, 15) is 13.2 Å². The van der Waals surface area contributed by atoms with Crippen LogP contribution in [0.3, 0.4) is 0 Å². The molecule has 0 aromatic heterocycles. The van der Waals surface area contributed by atoms with Crippen molar-refractivity contribution in [3.8, 4) is 6.07 Å². The predicted octanol–water partition coefficient (Wildman–Crippen LogP) is 2.46. The second kappa shape index (κ2) is 8.61. The molecule has 0 saturated carbocycles. The van der Waals surface area contributed by atoms with E-state index in [4.69, 9.17) is 5.26 Å². The summed E-state index contributed by atoms with van der Waals surface area (Å²) in [5.41, 5.74) is 2.58. The summed E-state index contributed by atoms with van der Waals surface area (Å²) in [6.45, 7) is 2.52. The van der Waals surface area contributed by atoms with Crippen LogP contribution in [-0.2, 0) is 16.6 Å². The molecule has 0 heterocycles. The standard InChI is InChI=1S/C19H21N3O3S/c1-15-6-3-4-7-17(15)14-22(2)19(23)16-8-10-18(11-9-16)26(24,25)21-13-5-12-20/h3-4,6-11,21H,5,13-14H2,1-2H3. The van der Waals surface area contributed by atoms with E-state index < -0.39 is 10.0 Å². The lowest BCUT2D eigenvalue weighted by molar-refractivity contribution is 0.0785. The molecule has 2 aromatic carbocycles. The summed E-state index contributed by atoms with van der Waals surface area (Å²) in [5.74, 6) is -0.186. The van der Waals surface area contributed by atoms with Gasteiger partial charge >= 0.3 is 0 Å². The number of carbonyl (C=O) groups is 1. The third-order valence-electron chi connectivity index (χ3n) is 3.96. The van der Waals surface area contributed by atoms with Crippen LogP contribution < -0.4 is 4.72 Å². The van der Waals surface area contributed by atoms with Gasteiger partial charge in [0.15, 0.2) is 0 Å². The Morgan fingerprint density at radius 2 is 1.81 bits per heavy atom. The number of aryl methyl sites for hydroxylation is 1. The molecule has 2 aromatic rings. The number of nitrogens with zero attached hydrogens (tertiary/aromatic N) is 2. The van der Waals surface area contributed by atoms with Crippen molar-refractivity contribution in [3.63, 3.8) is 0 Å². The normalized spacial score (nSPS) is 11.0. The number of amides is 1. The first-order valence-electron chi connectivity index (χ1n) is 8.12. The molecule has 0 spiro atoms. The minimum atomic E-state index is -3.68. The topological polar surface area (TPSA) is 90.3 Å². The van der Waals surface area contributed by atoms with Crippen molar-refractivity contribution in [1.29, 1.82) is 5.26 Å². The molecule has 0 aliphatic heterocycles. The predicted molar refractivity (Wildman–Crippen MR) is 98.8 cm³/mol. The molecule has 6 nitrogen and oxygen atoms in total. The van der Waals surface area contributed by atoms with Gasteiger partial charge in [-0.3, -0.25) is 4.79 Å². The van der Waals surface area contributed by atoms with Gasteiger partial charge in [-0.05, 0) is 42.3 Å². The van der Waals surface area contributed by atoms with Gasteiger partial charge in [0.05, 0.1) is 11.0 Å². The quantitative estimate of drug-likeness (QED) is 0.757. The van der Waals surface area contributed by atoms with Crippen LogP contribution in [0, 0.1) is 18.3 Å². The number of nitrogens with one attached hydrogen (secondary N) is 1. The fraction of sp³-hybridized carbons (Fsp3) is 0.263. The van der Waals surface area contributed by atoms with Crippen molar-refractivity contribution in [2.24, 2.45) is 0 Å². The number of rotatable bonds is 7. The third-order valence-corrected chi connectivity index (χ3v) is 5.43. The first-order chi connectivity index (χ1) is 12.3. The van der Waals surface area contributed by atoms with E-state index in [1.165, 1.54) is 24.3 Å². The second-order valence-electron chi connectivity index (χ2n) is 5.92. The average Bonchev–Trinajstić information content (AvgIpc) is 2.63. The van der Waals surface area contributed by atoms with Crippen LogP contribution in [-0.4, -0.2) is 32.8 Å². The van der Waals surface area contributed by atoms with Crippen LogP contribution in [0.2, 0.25) is 0 Å². The van der Waals surface area contributed by atoms with Crippen LogP contribution in [0.5, 0.6) is 0 Å². The van der Waals surface area contributed by atoms with Crippen LogP contribution in [0.4, 0.5) is 0 Å². The molecule has 0 radical (unpaired) electrons. The molecule has 136 valence electrons. The summed E-state index contributed by atoms with van der Waals surface area (Å²) in [6, 6.07) is 15.5. The lowest BCUT2D eigenvalue weighted by Gasteiger charge is -2.18. The number of carbonyl (C=O) groups excluding carboxylic acids is 1. The van der Waals surface area contributed by atoms with Gasteiger partial charge in [-0.1, -0.05) is 24.3 Å². The van der Waals surface area contributed by atoms with Crippen molar-refractivity contribution >= 4 is 15.9 Å². The van der Waals surface area contributed by atoms with Crippen molar-refractivity contribution in [2.45, 2.75) is 24.8 Å². The van der Waals surface area contributed by atoms with E-state index in [0.717, 1.165) is 11.1 Å². The first-order valence-corrected chi connectivity index (χ1v) is 9.60. The fourth-order valence-electron chi connectivity index (χ4n) is 2.44. The summed E-state index contributed by atoms with van der Waals surface area (Å²) in [4.78, 5) is 14.2. The van der Waals surface area contributed by atoms with Gasteiger partial charge in [0.2, 0.25) is 10.0 Å². The SMILES string of the molecule is Cc1ccccc1CN(C)C(=O)c1ccc(S(=O)(=O)NCCC#N)cc1. The number of nitriles is 1. The smallest absolute Gasteiger partial charge is 0.253 e. The molecule has 0 aliphatic rings. The molecule has 26 heavy (non-hydrogen) atoms. The van der Waals surface area contributed by atoms with E-state index in [-0.39, 0.29) is 23.8 Å². The summed E-state index contributed by atoms with van der Waals surface area (Å²) in [5, 5.41) is 8.48. The van der Waals surface area contributed by atoms with Crippen LogP contribution in [0.15, 0.2) is 53.4 Å². The molecule has 1 amide bonds. The molecule has 2 rings (SSSR count). The summed E-state index contributed by atoms with van der Waals surface area (Å²) >= 11 is 0. The average molecular weight is 371 g/mol. The zero-order valence-electron chi connectivity index (χ0n) is 14.8. The van der Waals surface area contributed by atoms with E-state index in [2.05, 4.69) is 4.72 Å². The molecule has 0 fully saturated rings. The van der Waals surface area contributed by atoms with E-state index in [0.29, 0.717) is 12.1 Å². The maximum Gasteiger partial charge on any atom is 0.253 e. The number of sulfonamides is 1. The van der Waals surface area contributed by atoms with E-state index in [1.54, 1.807) is 11.9 Å². The molecule has 0 unspecified atom stereocenters. The van der Waals surface area contributed by atoms with E-state index in [1.807, 2.05) is 37.3 Å². The third kappa shape index (κ3) is 4.91. The Kier molecular flexibility index (Phi) is 6.50. The van der Waals surface area contributed by atoms with Gasteiger partial charge < -0.3 is 4.90 Å². The lowest BCUT2D eigenvalue weighted by atomic mass is 10.1. The number of hydrogen-bond donors (Lipinski definition) is 1. The summed E-state index contributed by atoms with van der Waals surface area (Å²) in [7, 11) is -1.96. The minimum absolute atomic E-state index is 0.0542. The Balaban J connectivity index is 2.08. The molecule has 7 heteroatoms. The summed E-state index contributed by atoms with van der Waals surface area (Å²) in [6.07, 6.45) is 0.0967. The fourth-order valence-corrected chi connectivity index (χ4v) is 3.47. The highest BCUT2D eigenvalue weighted by Gasteiger charge is 2.16. The molecular formula is C19H21N3O3S. The Morgan fingerprint density at radius 1 is 1.15 bits per heavy atom. The monoisotopic (exact) mass is 371 g/mol. The van der Waals surface area contributed by atoms with Crippen molar-refractivity contribution < 1.29 is 13.2 Å². The molecule has 0 atom stereocenters. The zero-order valence-corrected chi connectivity index (χ0v) is 15.6. The molecule has 0 bridgehead atoms. The zero-order chi connectivity index (χ0) is 19.2. The lowest BCUT2D eigenvalue weighted by Crippen LogP contribution is -2.27. The van der Waals surface area contributed by atoms with Crippen molar-refractivity contribution in [3.05, 3.63) is 65.2 Å². The largest absolute Gasteiger partial charge is 0.337 e. The van der Waals surface area contributed by atoms with E-state index >= 15 is 0 Å². The minimum Gasteiger partial charge on any atom is -0.337 e. The molecule has 0 aliphatic carbocycles. The molecule has 0 saturated heterocycles. The highest BCUT2D eigenvalue weighted by atomic mass is 32.2. The van der Waals surface area contributed by atoms with Gasteiger partial charge in [-0.15, -0.1) is 0 Å². The van der Waals surface area contributed by atoms with Gasteiger partial charge in [-0.25, -0.2) is 13.1 Å². The Labute approximate surface area is 154 Å². The Morgan fingerprint density at radius 3 is 2.42 bits per heavy atom. The van der Waals surface area contributed by atoms with Crippen LogP contribution in [0.25, 0.3) is 0 Å². The number of hydrogen-bond acceptors (Lipinski definition) is 4. The maximum absolute atomic E-state index is 12.6. The molecule has 1 N–H and O–H groups in total. The van der Waals surface area contributed by atoms with Gasteiger partial charge in [0, 0.05) is 32.1 Å². The van der Waals surface area contributed by atoms with Crippen molar-refractivity contribution in [2.75, 3.05) is 13.6 Å². The Bertz CT molecular complexity index is 916. The first kappa shape index (κ1) is 19.6.